The van der Waals surface area contributed by atoms with Gasteiger partial charge in [0.15, 0.2) is 8.29 Å². The molecular weight excluding hydrogens is 346 g/mol. The lowest BCUT2D eigenvalue weighted by molar-refractivity contribution is -0.119. The molecule has 1 aromatic carbocycles. The normalized spacial score (nSPS) is 11.0. The number of nitrogens with zero attached hydrogens (tertiary/aromatic N) is 2. The molecule has 1 aromatic heterocycles. The van der Waals surface area contributed by atoms with E-state index in [4.69, 9.17) is 12.2 Å². The molecule has 0 aliphatic carbocycles. The molecule has 2 aromatic rings. The first kappa shape index (κ1) is 18.2. The van der Waals surface area contributed by atoms with Crippen LogP contribution in [0.3, 0.4) is 0 Å². The van der Waals surface area contributed by atoms with Gasteiger partial charge in [-0.3, -0.25) is 4.79 Å². The van der Waals surface area contributed by atoms with E-state index < -0.39 is 0 Å². The van der Waals surface area contributed by atoms with Crippen LogP contribution in [0.4, 0.5) is 0 Å². The molecule has 0 aliphatic rings. The van der Waals surface area contributed by atoms with Crippen molar-refractivity contribution in [3.63, 3.8) is 0 Å². The summed E-state index contributed by atoms with van der Waals surface area (Å²) in [6.07, 6.45) is 1.90. The molecule has 0 radical (unpaired) electrons. The average Bonchev–Trinajstić information content (AvgIpc) is 2.92. The third kappa shape index (κ3) is 4.89. The summed E-state index contributed by atoms with van der Waals surface area (Å²) in [5.41, 5.74) is 2.11. The van der Waals surface area contributed by atoms with Crippen molar-refractivity contribution in [3.05, 3.63) is 33.8 Å². The molecular formula is C16H21N3OS3. The summed E-state index contributed by atoms with van der Waals surface area (Å²) in [6.45, 7) is 6.19. The number of carbonyl (C=O) groups is 1. The van der Waals surface area contributed by atoms with Gasteiger partial charge in [-0.15, -0.1) is 5.10 Å². The first-order chi connectivity index (χ1) is 11.0. The van der Waals surface area contributed by atoms with E-state index in [1.165, 1.54) is 23.1 Å². The standard InChI is InChI=1S/C16H21N3OS3/c1-4-12(5-2)17-14(20)10-22-15-18-19(16(21)23-15)13-9-7-6-8-11(13)3/h6-9,12H,4-5,10H2,1-3H3,(H,17,20). The Labute approximate surface area is 150 Å². The maximum atomic E-state index is 12.0. The van der Waals surface area contributed by atoms with E-state index in [2.05, 4.69) is 24.3 Å². The molecule has 0 atom stereocenters. The molecule has 124 valence electrons. The van der Waals surface area contributed by atoms with E-state index in [1.807, 2.05) is 31.2 Å². The van der Waals surface area contributed by atoms with Crippen molar-refractivity contribution in [1.82, 2.24) is 15.1 Å². The Morgan fingerprint density at radius 1 is 1.39 bits per heavy atom. The second-order valence-corrected chi connectivity index (χ2v) is 8.05. The molecule has 23 heavy (non-hydrogen) atoms. The number of aromatic nitrogens is 2. The Kier molecular flexibility index (Phi) is 6.80. The number of hydrogen-bond acceptors (Lipinski definition) is 5. The van der Waals surface area contributed by atoms with Gasteiger partial charge in [0.25, 0.3) is 0 Å². The molecule has 7 heteroatoms. The van der Waals surface area contributed by atoms with Crippen LogP contribution in [0.15, 0.2) is 28.6 Å². The smallest absolute Gasteiger partial charge is 0.230 e. The molecule has 0 fully saturated rings. The highest BCUT2D eigenvalue weighted by molar-refractivity contribution is 8.01. The number of para-hydroxylation sites is 1. The summed E-state index contributed by atoms with van der Waals surface area (Å²) in [5.74, 6) is 0.416. The molecule has 0 saturated carbocycles. The fraction of sp³-hybridized carbons (Fsp3) is 0.438. The maximum Gasteiger partial charge on any atom is 0.230 e. The molecule has 0 aliphatic heterocycles. The van der Waals surface area contributed by atoms with Gasteiger partial charge in [-0.2, -0.15) is 0 Å². The second-order valence-electron chi connectivity index (χ2n) is 5.20. The number of carbonyl (C=O) groups excluding carboxylic acids is 1. The lowest BCUT2D eigenvalue weighted by Gasteiger charge is -2.13. The van der Waals surface area contributed by atoms with Gasteiger partial charge in [0.1, 0.15) is 0 Å². The van der Waals surface area contributed by atoms with Gasteiger partial charge in [0, 0.05) is 6.04 Å². The van der Waals surface area contributed by atoms with E-state index in [0.717, 1.165) is 28.4 Å². The zero-order valence-corrected chi connectivity index (χ0v) is 16.0. The highest BCUT2D eigenvalue weighted by Crippen LogP contribution is 2.25. The molecule has 0 bridgehead atoms. The molecule has 4 nitrogen and oxygen atoms in total. The molecule has 1 amide bonds. The number of hydrogen-bond donors (Lipinski definition) is 1. The van der Waals surface area contributed by atoms with E-state index in [9.17, 15) is 4.79 Å². The minimum Gasteiger partial charge on any atom is -0.353 e. The first-order valence-electron chi connectivity index (χ1n) is 7.63. The summed E-state index contributed by atoms with van der Waals surface area (Å²) in [4.78, 5) is 12.0. The van der Waals surface area contributed by atoms with Gasteiger partial charge in [0.2, 0.25) is 5.91 Å². The Bertz CT molecular complexity index is 719. The van der Waals surface area contributed by atoms with E-state index in [1.54, 1.807) is 4.68 Å². The molecule has 0 unspecified atom stereocenters. The van der Waals surface area contributed by atoms with Crippen LogP contribution in [0.1, 0.15) is 32.3 Å². The zero-order chi connectivity index (χ0) is 16.8. The van der Waals surface area contributed by atoms with Crippen LogP contribution >= 0.6 is 35.3 Å². The van der Waals surface area contributed by atoms with Crippen molar-refractivity contribution in [2.75, 3.05) is 5.75 Å². The van der Waals surface area contributed by atoms with E-state index in [0.29, 0.717) is 9.71 Å². The Balaban J connectivity index is 2.03. The summed E-state index contributed by atoms with van der Waals surface area (Å²) in [5, 5.41) is 7.58. The zero-order valence-electron chi connectivity index (χ0n) is 13.5. The molecule has 0 saturated heterocycles. The molecule has 1 heterocycles. The largest absolute Gasteiger partial charge is 0.353 e. The molecule has 1 N–H and O–H groups in total. The Hall–Kier alpha value is -1.18. The van der Waals surface area contributed by atoms with Crippen molar-refractivity contribution in [2.24, 2.45) is 0 Å². The van der Waals surface area contributed by atoms with Crippen LogP contribution in [0.25, 0.3) is 5.69 Å². The van der Waals surface area contributed by atoms with Gasteiger partial charge in [-0.25, -0.2) is 4.68 Å². The number of aryl methyl sites for hydroxylation is 1. The van der Waals surface area contributed by atoms with Gasteiger partial charge >= 0.3 is 0 Å². The number of rotatable bonds is 7. The van der Waals surface area contributed by atoms with Crippen LogP contribution in [0.5, 0.6) is 0 Å². The maximum absolute atomic E-state index is 12.0. The fourth-order valence-corrected chi connectivity index (χ4v) is 4.32. The van der Waals surface area contributed by atoms with Crippen LogP contribution in [-0.4, -0.2) is 27.5 Å². The van der Waals surface area contributed by atoms with Crippen molar-refractivity contribution in [3.8, 4) is 5.69 Å². The fourth-order valence-electron chi connectivity index (χ4n) is 2.16. The monoisotopic (exact) mass is 367 g/mol. The number of nitrogens with one attached hydrogen (secondary N) is 1. The highest BCUT2D eigenvalue weighted by atomic mass is 32.2. The summed E-state index contributed by atoms with van der Waals surface area (Å²) >= 11 is 8.28. The number of thioether (sulfide) groups is 1. The summed E-state index contributed by atoms with van der Waals surface area (Å²) in [7, 11) is 0. The minimum absolute atomic E-state index is 0.0484. The predicted octanol–water partition coefficient (Wildman–Crippen LogP) is 4.37. The van der Waals surface area contributed by atoms with Crippen molar-refractivity contribution in [2.45, 2.75) is 44.0 Å². The van der Waals surface area contributed by atoms with E-state index >= 15 is 0 Å². The first-order valence-corrected chi connectivity index (χ1v) is 9.84. The topological polar surface area (TPSA) is 46.9 Å². The third-order valence-electron chi connectivity index (χ3n) is 3.55. The van der Waals surface area contributed by atoms with Crippen molar-refractivity contribution in [1.29, 1.82) is 0 Å². The lowest BCUT2D eigenvalue weighted by Crippen LogP contribution is -2.34. The molecule has 0 spiro atoms. The van der Waals surface area contributed by atoms with E-state index in [-0.39, 0.29) is 11.9 Å². The minimum atomic E-state index is 0.0484. The van der Waals surface area contributed by atoms with Crippen molar-refractivity contribution >= 4 is 41.2 Å². The lowest BCUT2D eigenvalue weighted by atomic mass is 10.2. The highest BCUT2D eigenvalue weighted by Gasteiger charge is 2.12. The van der Waals surface area contributed by atoms with Crippen molar-refractivity contribution < 1.29 is 4.79 Å². The van der Waals surface area contributed by atoms with Crippen LogP contribution in [0.2, 0.25) is 0 Å². The van der Waals surface area contributed by atoms with Crippen LogP contribution in [0, 0.1) is 10.9 Å². The Morgan fingerprint density at radius 2 is 2.09 bits per heavy atom. The van der Waals surface area contributed by atoms with Crippen LogP contribution in [-0.2, 0) is 4.79 Å². The quantitative estimate of drug-likeness (QED) is 0.583. The SMILES string of the molecule is CCC(CC)NC(=O)CSc1nn(-c2ccccc2C)c(=S)s1. The van der Waals surface area contributed by atoms with Gasteiger partial charge < -0.3 is 5.32 Å². The predicted molar refractivity (Wildman–Crippen MR) is 100 cm³/mol. The summed E-state index contributed by atoms with van der Waals surface area (Å²) in [6, 6.07) is 8.25. The van der Waals surface area contributed by atoms with Gasteiger partial charge in [-0.1, -0.05) is 55.1 Å². The molecule has 2 rings (SSSR count). The third-order valence-corrected chi connectivity index (χ3v) is 5.92. The van der Waals surface area contributed by atoms with Gasteiger partial charge in [-0.05, 0) is 43.6 Å². The Morgan fingerprint density at radius 3 is 2.74 bits per heavy atom. The number of benzene rings is 1. The summed E-state index contributed by atoms with van der Waals surface area (Å²) < 4.78 is 3.29. The average molecular weight is 368 g/mol. The second kappa shape index (κ2) is 8.61. The van der Waals surface area contributed by atoms with Crippen LogP contribution < -0.4 is 5.32 Å². The van der Waals surface area contributed by atoms with Gasteiger partial charge in [0.05, 0.1) is 11.4 Å². The number of amides is 1.